The molecule has 29 heavy (non-hydrogen) atoms. The molecule has 0 bridgehead atoms. The molecule has 0 aliphatic carbocycles. The summed E-state index contributed by atoms with van der Waals surface area (Å²) in [4.78, 5) is 0. The lowest BCUT2D eigenvalue weighted by molar-refractivity contribution is 0.0721. The minimum Gasteiger partial charge on any atom is -0.374 e. The Hall–Kier alpha value is 1.11. The highest BCUT2D eigenvalue weighted by molar-refractivity contribution is 8.58. The van der Waals surface area contributed by atoms with E-state index in [1.807, 2.05) is 41.5 Å². The van der Waals surface area contributed by atoms with Crippen molar-refractivity contribution >= 4 is 46.4 Å². The second kappa shape index (κ2) is 16.7. The molecule has 0 N–H and O–H groups in total. The van der Waals surface area contributed by atoms with Gasteiger partial charge < -0.3 is 26.6 Å². The molecule has 0 spiro atoms. The van der Waals surface area contributed by atoms with E-state index in [1.54, 1.807) is 0 Å². The van der Waals surface area contributed by atoms with Crippen molar-refractivity contribution in [3.05, 3.63) is 0 Å². The Kier molecular flexibility index (Phi) is 17.3. The summed E-state index contributed by atoms with van der Waals surface area (Å²) in [5.74, 6) is 2.01. The van der Waals surface area contributed by atoms with Crippen molar-refractivity contribution in [3.63, 3.8) is 0 Å². The van der Waals surface area contributed by atoms with Crippen molar-refractivity contribution in [2.45, 2.75) is 66.7 Å². The van der Waals surface area contributed by atoms with Crippen LogP contribution in [0.1, 0.15) is 41.5 Å². The Bertz CT molecular complexity index is 340. The van der Waals surface area contributed by atoms with Crippen LogP contribution in [0.3, 0.4) is 0 Å². The summed E-state index contributed by atoms with van der Waals surface area (Å²) in [7, 11) is -5.10. The van der Waals surface area contributed by atoms with Gasteiger partial charge in [0.25, 0.3) is 0 Å². The summed E-state index contributed by atoms with van der Waals surface area (Å²) in [5, 5.41) is 0. The maximum absolute atomic E-state index is 5.98. The largest absolute Gasteiger partial charge is 0.501 e. The van der Waals surface area contributed by atoms with Crippen molar-refractivity contribution in [3.8, 4) is 0 Å². The maximum Gasteiger partial charge on any atom is 0.501 e. The molecule has 0 aromatic carbocycles. The molecule has 0 aromatic rings. The van der Waals surface area contributed by atoms with E-state index in [0.717, 1.165) is 23.6 Å². The van der Waals surface area contributed by atoms with E-state index >= 15 is 0 Å². The van der Waals surface area contributed by atoms with Crippen LogP contribution in [0.2, 0.25) is 25.2 Å². The molecule has 0 saturated carbocycles. The lowest BCUT2D eigenvalue weighted by Crippen LogP contribution is -2.47. The first-order valence-electron chi connectivity index (χ1n) is 10.9. The lowest BCUT2D eigenvalue weighted by atomic mass is 10.9. The average Bonchev–Trinajstić information content (AvgIpc) is 2.63. The van der Waals surface area contributed by atoms with E-state index in [2.05, 4.69) is 35.5 Å². The number of rotatable bonds is 20. The van der Waals surface area contributed by atoms with Crippen molar-refractivity contribution in [2.75, 3.05) is 51.1 Å². The molecule has 0 aromatic heterocycles. The van der Waals surface area contributed by atoms with Gasteiger partial charge in [-0.2, -0.15) is 22.4 Å². The molecule has 6 nitrogen and oxygen atoms in total. The van der Waals surface area contributed by atoms with Crippen LogP contribution in [0.4, 0.5) is 0 Å². The Balaban J connectivity index is 4.69. The number of hydrogen-bond donors (Lipinski definition) is 0. The topological polar surface area (TPSA) is 55.4 Å². The summed E-state index contributed by atoms with van der Waals surface area (Å²) in [6, 6.07) is 1.72. The minimum absolute atomic E-state index is 0.630. The minimum atomic E-state index is -2.55. The fourth-order valence-corrected chi connectivity index (χ4v) is 18.1. The number of hydrogen-bond acceptors (Lipinski definition) is 8. The maximum atomic E-state index is 5.98. The van der Waals surface area contributed by atoms with Crippen LogP contribution in [0.5, 0.6) is 0 Å². The second-order valence-corrected chi connectivity index (χ2v) is 24.8. The first kappa shape index (κ1) is 30.1. The van der Waals surface area contributed by atoms with Crippen LogP contribution < -0.4 is 0 Å². The molecule has 0 unspecified atom stereocenters. The first-order valence-corrected chi connectivity index (χ1v) is 21.2. The van der Waals surface area contributed by atoms with Gasteiger partial charge in [-0.25, -0.2) is 0 Å². The molecule has 0 heterocycles. The van der Waals surface area contributed by atoms with Gasteiger partial charge in [-0.15, -0.1) is 0 Å². The normalized spacial score (nSPS) is 13.2. The fourth-order valence-electron chi connectivity index (χ4n) is 2.89. The predicted molar refractivity (Wildman–Crippen MR) is 133 cm³/mol. The molecule has 176 valence electrons. The van der Waals surface area contributed by atoms with Gasteiger partial charge in [0, 0.05) is 51.7 Å². The van der Waals surface area contributed by atoms with Crippen molar-refractivity contribution in [1.29, 1.82) is 0 Å². The zero-order valence-corrected chi connectivity index (χ0v) is 24.5. The first-order chi connectivity index (χ1) is 13.8. The molecular weight excluding hydrogens is 461 g/mol. The molecule has 11 heteroatoms. The fraction of sp³-hybridized carbons (Fsp3) is 1.00. The molecule has 0 rings (SSSR count). The third-order valence-corrected chi connectivity index (χ3v) is 20.4. The standard InChI is InChI=1S/C18H44O6S2Si3/c1-9-19-28(20-10-2,21-11-3)17-15-25-27(7,8)26-16-18-29(22-12-4,23-13-5)24-14-6/h9-18H2,1-8H3. The smallest absolute Gasteiger partial charge is 0.374 e. The molecule has 0 radical (unpaired) electrons. The molecule has 0 aliphatic rings. The van der Waals surface area contributed by atoms with Crippen molar-refractivity contribution < 1.29 is 26.6 Å². The van der Waals surface area contributed by atoms with E-state index < -0.39 is 24.0 Å². The molecular formula is C18H44O6S2Si3. The summed E-state index contributed by atoms with van der Waals surface area (Å²) in [6.07, 6.45) is -1.50. The molecule has 0 amide bonds. The molecule has 0 fully saturated rings. The van der Waals surface area contributed by atoms with Gasteiger partial charge in [-0.1, -0.05) is 13.1 Å². The van der Waals surface area contributed by atoms with Gasteiger partial charge in [-0.05, 0) is 53.0 Å². The van der Waals surface area contributed by atoms with Gasteiger partial charge in [0.2, 0.25) is 0 Å². The van der Waals surface area contributed by atoms with Crippen LogP contribution in [-0.4, -0.2) is 75.1 Å². The zero-order chi connectivity index (χ0) is 22.2. The van der Waals surface area contributed by atoms with Gasteiger partial charge in [0.15, 0.2) is 6.37 Å². The predicted octanol–water partition coefficient (Wildman–Crippen LogP) is 5.25. The Labute approximate surface area is 190 Å². The van der Waals surface area contributed by atoms with Gasteiger partial charge >= 0.3 is 17.6 Å². The highest BCUT2D eigenvalue weighted by atomic mass is 32.6. The quantitative estimate of drug-likeness (QED) is 0.208. The Morgan fingerprint density at radius 1 is 0.483 bits per heavy atom. The molecule has 0 saturated heterocycles. The monoisotopic (exact) mass is 504 g/mol. The third-order valence-electron chi connectivity index (χ3n) is 3.90. The van der Waals surface area contributed by atoms with E-state index in [-0.39, 0.29) is 0 Å². The van der Waals surface area contributed by atoms with Crippen LogP contribution in [-0.2, 0) is 26.6 Å². The van der Waals surface area contributed by atoms with Crippen LogP contribution >= 0.6 is 22.4 Å². The lowest BCUT2D eigenvalue weighted by Gasteiger charge is -2.31. The summed E-state index contributed by atoms with van der Waals surface area (Å²) in [6.45, 7) is 20.6. The van der Waals surface area contributed by atoms with Crippen molar-refractivity contribution in [2.24, 2.45) is 0 Å². The van der Waals surface area contributed by atoms with Gasteiger partial charge in [-0.3, -0.25) is 0 Å². The zero-order valence-electron chi connectivity index (χ0n) is 19.8. The van der Waals surface area contributed by atoms with E-state index in [0.29, 0.717) is 39.6 Å². The highest BCUT2D eigenvalue weighted by Crippen LogP contribution is 2.35. The third kappa shape index (κ3) is 12.7. The van der Waals surface area contributed by atoms with E-state index in [1.165, 1.54) is 0 Å². The van der Waals surface area contributed by atoms with Crippen LogP contribution in [0, 0.1) is 0 Å². The highest BCUT2D eigenvalue weighted by Gasteiger charge is 2.42. The summed E-state index contributed by atoms with van der Waals surface area (Å²) >= 11 is 4.13. The Morgan fingerprint density at radius 3 is 0.931 bits per heavy atom. The second-order valence-electron chi connectivity index (χ2n) is 6.56. The summed E-state index contributed by atoms with van der Waals surface area (Å²) < 4.78 is 35.9. The molecule has 0 aliphatic heterocycles. The van der Waals surface area contributed by atoms with Crippen molar-refractivity contribution in [1.82, 2.24) is 0 Å². The summed E-state index contributed by atoms with van der Waals surface area (Å²) in [5.41, 5.74) is 0. The van der Waals surface area contributed by atoms with Gasteiger partial charge in [0.1, 0.15) is 0 Å². The van der Waals surface area contributed by atoms with E-state index in [4.69, 9.17) is 26.6 Å². The van der Waals surface area contributed by atoms with Gasteiger partial charge in [0.05, 0.1) is 0 Å². The average molecular weight is 505 g/mol. The SMILES string of the molecule is CCO[Si](CCS[Si](C)(C)SCC[Si](OCC)(OCC)OCC)(OCC)OCC. The molecule has 0 atom stereocenters. The van der Waals surface area contributed by atoms with E-state index in [9.17, 15) is 0 Å². The van der Waals surface area contributed by atoms with Crippen LogP contribution in [0.15, 0.2) is 0 Å². The van der Waals surface area contributed by atoms with Crippen LogP contribution in [0.25, 0.3) is 0 Å². The Morgan fingerprint density at radius 2 is 0.724 bits per heavy atom.